The number of aryl methyl sites for hydroxylation is 1. The summed E-state index contributed by atoms with van der Waals surface area (Å²) in [7, 11) is 0. The number of hydrogen-bond acceptors (Lipinski definition) is 6. The van der Waals surface area contributed by atoms with Gasteiger partial charge in [-0.3, -0.25) is 4.79 Å². The number of ether oxygens (including phenoxy) is 1. The van der Waals surface area contributed by atoms with Gasteiger partial charge in [-0.1, -0.05) is 92.3 Å². The predicted molar refractivity (Wildman–Crippen MR) is 155 cm³/mol. The van der Waals surface area contributed by atoms with E-state index in [9.17, 15) is 4.79 Å². The summed E-state index contributed by atoms with van der Waals surface area (Å²) in [6.07, 6.45) is 1.31. The molecule has 0 bridgehead atoms. The molecule has 1 aliphatic carbocycles. The molecule has 0 saturated heterocycles. The second-order valence-corrected chi connectivity index (χ2v) is 12.0. The number of hydrogen-bond donors (Lipinski definition) is 1. The number of Topliss-reactive ketones (excluding diaryl/α,β-unsaturated/α-hetero) is 1. The Balaban J connectivity index is 1.30. The van der Waals surface area contributed by atoms with Crippen LogP contribution in [0.1, 0.15) is 55.0 Å². The first-order valence-electron chi connectivity index (χ1n) is 13.3. The van der Waals surface area contributed by atoms with E-state index in [1.807, 2.05) is 59.3 Å². The van der Waals surface area contributed by atoms with E-state index < -0.39 is 0 Å². The molecule has 0 saturated carbocycles. The fourth-order valence-corrected chi connectivity index (χ4v) is 6.15. The number of fused-ring (bicyclic) bond motifs is 1. The van der Waals surface area contributed by atoms with Gasteiger partial charge in [0.25, 0.3) is 0 Å². The number of carbonyl (C=O) groups excluding carboxylic acids is 1. The van der Waals surface area contributed by atoms with Crippen molar-refractivity contribution in [2.24, 2.45) is 5.41 Å². The van der Waals surface area contributed by atoms with Crippen molar-refractivity contribution in [3.05, 3.63) is 112 Å². The summed E-state index contributed by atoms with van der Waals surface area (Å²) < 4.78 is 7.97. The van der Waals surface area contributed by atoms with Crippen LogP contribution in [0.5, 0.6) is 5.75 Å². The highest BCUT2D eigenvalue weighted by atomic mass is 32.2. The molecule has 1 atom stereocenters. The molecule has 4 aromatic rings. The van der Waals surface area contributed by atoms with E-state index in [4.69, 9.17) is 14.8 Å². The number of benzene rings is 3. The van der Waals surface area contributed by atoms with Gasteiger partial charge in [0.2, 0.25) is 11.1 Å². The van der Waals surface area contributed by atoms with Crippen molar-refractivity contribution in [1.29, 1.82) is 0 Å². The van der Waals surface area contributed by atoms with Crippen LogP contribution in [0.2, 0.25) is 0 Å². The zero-order valence-electron chi connectivity index (χ0n) is 22.5. The molecule has 39 heavy (non-hydrogen) atoms. The monoisotopic (exact) mass is 536 g/mol. The summed E-state index contributed by atoms with van der Waals surface area (Å²) in [5.41, 5.74) is 6.23. The van der Waals surface area contributed by atoms with Gasteiger partial charge in [-0.05, 0) is 53.1 Å². The van der Waals surface area contributed by atoms with Crippen molar-refractivity contribution in [3.8, 4) is 5.75 Å². The molecule has 2 heterocycles. The van der Waals surface area contributed by atoms with Gasteiger partial charge in [0.05, 0.1) is 0 Å². The molecule has 6 rings (SSSR count). The molecule has 1 N–H and O–H groups in total. The third-order valence-corrected chi connectivity index (χ3v) is 8.28. The van der Waals surface area contributed by atoms with Gasteiger partial charge in [0.1, 0.15) is 18.4 Å². The lowest BCUT2D eigenvalue weighted by Gasteiger charge is -2.38. The van der Waals surface area contributed by atoms with Crippen molar-refractivity contribution in [1.82, 2.24) is 14.8 Å². The Morgan fingerprint density at radius 3 is 2.51 bits per heavy atom. The summed E-state index contributed by atoms with van der Waals surface area (Å²) >= 11 is 1.60. The number of allylic oxidation sites excluding steroid dienone is 2. The highest BCUT2D eigenvalue weighted by Crippen LogP contribution is 2.46. The summed E-state index contributed by atoms with van der Waals surface area (Å²) in [5.74, 6) is 2.41. The molecule has 198 valence electrons. The summed E-state index contributed by atoms with van der Waals surface area (Å²) in [4.78, 5) is 18.4. The molecule has 7 heteroatoms. The molecule has 0 spiro atoms. The lowest BCUT2D eigenvalue weighted by atomic mass is 9.73. The molecule has 1 aliphatic heterocycles. The van der Waals surface area contributed by atoms with E-state index in [2.05, 4.69) is 50.4 Å². The number of carbonyl (C=O) groups is 1. The van der Waals surface area contributed by atoms with Crippen LogP contribution in [-0.2, 0) is 17.2 Å². The first-order chi connectivity index (χ1) is 18.9. The van der Waals surface area contributed by atoms with E-state index in [1.54, 1.807) is 11.8 Å². The number of nitrogens with zero attached hydrogens (tertiary/aromatic N) is 3. The second-order valence-electron chi connectivity index (χ2n) is 11.1. The molecular formula is C32H32N4O2S. The quantitative estimate of drug-likeness (QED) is 0.254. The topological polar surface area (TPSA) is 69.0 Å². The van der Waals surface area contributed by atoms with E-state index in [0.717, 1.165) is 40.3 Å². The van der Waals surface area contributed by atoms with Gasteiger partial charge >= 0.3 is 0 Å². The zero-order chi connectivity index (χ0) is 27.0. The lowest BCUT2D eigenvalue weighted by molar-refractivity contribution is -0.118. The maximum atomic E-state index is 13.5. The zero-order valence-corrected chi connectivity index (χ0v) is 23.3. The first-order valence-corrected chi connectivity index (χ1v) is 14.3. The molecular weight excluding hydrogens is 504 g/mol. The normalized spacial score (nSPS) is 17.8. The number of thioether (sulfide) groups is 1. The van der Waals surface area contributed by atoms with Crippen LogP contribution in [0.4, 0.5) is 5.95 Å². The molecule has 1 aromatic heterocycles. The highest BCUT2D eigenvalue weighted by molar-refractivity contribution is 7.98. The van der Waals surface area contributed by atoms with Crippen LogP contribution >= 0.6 is 11.8 Å². The van der Waals surface area contributed by atoms with Crippen LogP contribution in [0.15, 0.2) is 95.3 Å². The largest absolute Gasteiger partial charge is 0.489 e. The molecule has 2 aliphatic rings. The number of aromatic nitrogens is 3. The van der Waals surface area contributed by atoms with Crippen molar-refractivity contribution in [3.63, 3.8) is 0 Å². The van der Waals surface area contributed by atoms with Gasteiger partial charge in [-0.2, -0.15) is 4.98 Å². The van der Waals surface area contributed by atoms with Crippen molar-refractivity contribution < 1.29 is 9.53 Å². The SMILES string of the molecule is Cc1ccccc1COc1ccc(C2C3=C(CC(C)(C)CC3=O)Nc3nc(SCc4ccccc4)nn32)cc1. The molecule has 0 fully saturated rings. The van der Waals surface area contributed by atoms with E-state index in [-0.39, 0.29) is 17.2 Å². The standard InChI is InChI=1S/C32H32N4O2S/c1-21-9-7-8-12-24(21)19-38-25-15-13-23(14-16-25)29-28-26(17-32(2,3)18-27(28)37)33-30-34-31(35-36(29)30)39-20-22-10-5-4-6-11-22/h4-16,29H,17-20H2,1-3H3,(H,33,34,35). The third-order valence-electron chi connectivity index (χ3n) is 7.37. The second kappa shape index (κ2) is 10.4. The van der Waals surface area contributed by atoms with Crippen LogP contribution in [0.25, 0.3) is 0 Å². The number of anilines is 1. The van der Waals surface area contributed by atoms with Gasteiger partial charge in [-0.15, -0.1) is 5.10 Å². The van der Waals surface area contributed by atoms with Crippen molar-refractivity contribution >= 4 is 23.5 Å². The minimum Gasteiger partial charge on any atom is -0.489 e. The fourth-order valence-electron chi connectivity index (χ4n) is 5.36. The number of nitrogens with one attached hydrogen (secondary N) is 1. The lowest BCUT2D eigenvalue weighted by Crippen LogP contribution is -2.36. The summed E-state index contributed by atoms with van der Waals surface area (Å²) in [6.45, 7) is 6.89. The van der Waals surface area contributed by atoms with Gasteiger partial charge < -0.3 is 10.1 Å². The van der Waals surface area contributed by atoms with Gasteiger partial charge in [0.15, 0.2) is 5.78 Å². The summed E-state index contributed by atoms with van der Waals surface area (Å²) in [5, 5.41) is 9.04. The smallest absolute Gasteiger partial charge is 0.227 e. The molecule has 6 nitrogen and oxygen atoms in total. The minimum atomic E-state index is -0.330. The van der Waals surface area contributed by atoms with Crippen LogP contribution in [-0.4, -0.2) is 20.5 Å². The van der Waals surface area contributed by atoms with Crippen LogP contribution in [0, 0.1) is 12.3 Å². The number of rotatable bonds is 7. The van der Waals surface area contributed by atoms with Crippen LogP contribution < -0.4 is 10.1 Å². The average Bonchev–Trinajstić information content (AvgIpc) is 3.33. The Morgan fingerprint density at radius 1 is 1.00 bits per heavy atom. The van der Waals surface area contributed by atoms with E-state index in [0.29, 0.717) is 24.1 Å². The molecule has 0 amide bonds. The van der Waals surface area contributed by atoms with Crippen molar-refractivity contribution in [2.75, 3.05) is 5.32 Å². The molecule has 3 aromatic carbocycles. The highest BCUT2D eigenvalue weighted by Gasteiger charge is 2.41. The van der Waals surface area contributed by atoms with E-state index >= 15 is 0 Å². The summed E-state index contributed by atoms with van der Waals surface area (Å²) in [6, 6.07) is 26.3. The van der Waals surface area contributed by atoms with Crippen molar-refractivity contribution in [2.45, 2.75) is 57.2 Å². The first kappa shape index (κ1) is 25.4. The van der Waals surface area contributed by atoms with Crippen LogP contribution in [0.3, 0.4) is 0 Å². The van der Waals surface area contributed by atoms with E-state index in [1.165, 1.54) is 11.1 Å². The number of ketones is 1. The molecule has 0 radical (unpaired) electrons. The average molecular weight is 537 g/mol. The Kier molecular flexibility index (Phi) is 6.77. The van der Waals surface area contributed by atoms with Gasteiger partial charge in [-0.25, -0.2) is 4.68 Å². The Bertz CT molecular complexity index is 1540. The predicted octanol–water partition coefficient (Wildman–Crippen LogP) is 7.12. The molecule has 1 unspecified atom stereocenters. The minimum absolute atomic E-state index is 0.103. The maximum absolute atomic E-state index is 13.5. The maximum Gasteiger partial charge on any atom is 0.227 e. The Hall–Kier alpha value is -3.84. The Labute approximate surface area is 233 Å². The van der Waals surface area contributed by atoms with Gasteiger partial charge in [0, 0.05) is 23.4 Å². The fraction of sp³-hybridized carbons (Fsp3) is 0.281. The third kappa shape index (κ3) is 5.36. The Morgan fingerprint density at radius 2 is 1.74 bits per heavy atom.